The van der Waals surface area contributed by atoms with E-state index in [0.717, 1.165) is 83.2 Å². The van der Waals surface area contributed by atoms with Gasteiger partial charge in [0.25, 0.3) is 0 Å². The van der Waals surface area contributed by atoms with Gasteiger partial charge in [-0.05, 0) is 89.5 Å². The second kappa shape index (κ2) is 11.3. The molecule has 228 valence electrons. The van der Waals surface area contributed by atoms with Crippen LogP contribution in [-0.2, 0) is 0 Å². The van der Waals surface area contributed by atoms with Crippen LogP contribution in [-0.4, -0.2) is 0 Å². The van der Waals surface area contributed by atoms with Crippen molar-refractivity contribution in [3.63, 3.8) is 0 Å². The lowest BCUT2D eigenvalue weighted by Crippen LogP contribution is -2.09. The number of benzene rings is 7. The predicted molar refractivity (Wildman–Crippen MR) is 198 cm³/mol. The monoisotopic (exact) mass is 627 g/mol. The molecule has 0 unspecified atom stereocenters. The number of para-hydroxylation sites is 3. The third-order valence-corrected chi connectivity index (χ3v) is 9.09. The molecule has 0 atom stereocenters. The molecule has 0 bridgehead atoms. The first kappa shape index (κ1) is 28.2. The number of rotatable bonds is 5. The largest absolute Gasteiger partial charge is 0.456 e. The normalized spacial score (nSPS) is 11.2. The minimum Gasteiger partial charge on any atom is -0.456 e. The maximum absolute atomic E-state index is 9.53. The summed E-state index contributed by atoms with van der Waals surface area (Å²) in [6, 6.07) is 53.1. The molecule has 0 amide bonds. The Bertz CT molecular complexity index is 2760. The van der Waals surface area contributed by atoms with Crippen LogP contribution in [0.25, 0.3) is 71.0 Å². The van der Waals surface area contributed by atoms with Crippen molar-refractivity contribution in [3.05, 3.63) is 169 Å². The molecule has 5 nitrogen and oxygen atoms in total. The van der Waals surface area contributed by atoms with Crippen molar-refractivity contribution in [1.29, 1.82) is 5.26 Å². The molecule has 0 saturated heterocycles. The molecular weight excluding hydrogens is 603 g/mol. The van der Waals surface area contributed by atoms with Gasteiger partial charge in [0.2, 0.25) is 0 Å². The molecule has 7 aromatic carbocycles. The zero-order valence-electron chi connectivity index (χ0n) is 26.1. The lowest BCUT2D eigenvalue weighted by atomic mass is 10.0. The summed E-state index contributed by atoms with van der Waals surface area (Å²) in [5.41, 5.74) is 11.2. The Hall–Kier alpha value is -7.08. The highest BCUT2D eigenvalue weighted by molar-refractivity contribution is 6.10. The highest BCUT2D eigenvalue weighted by atomic mass is 16.3. The van der Waals surface area contributed by atoms with Crippen LogP contribution < -0.4 is 4.90 Å². The van der Waals surface area contributed by atoms with Crippen molar-refractivity contribution in [1.82, 2.24) is 0 Å². The van der Waals surface area contributed by atoms with Crippen LogP contribution in [0.15, 0.2) is 160 Å². The average molecular weight is 628 g/mol. The first-order chi connectivity index (χ1) is 24.2. The van der Waals surface area contributed by atoms with Crippen molar-refractivity contribution >= 4 is 66.6 Å². The summed E-state index contributed by atoms with van der Waals surface area (Å²) in [7, 11) is 0. The SMILES string of the molecule is [C-]#[N+]c1cc(C#N)cc(-c2ccc(N(c3ccc(-c4cccc5c4oc4ccccc45)cc3)c3ccc4oc5ccccc5c4c3)cc2)c1. The lowest BCUT2D eigenvalue weighted by Gasteiger charge is -2.26. The number of nitriles is 1. The van der Waals surface area contributed by atoms with Gasteiger partial charge in [0.1, 0.15) is 22.3 Å². The van der Waals surface area contributed by atoms with E-state index in [-0.39, 0.29) is 0 Å². The van der Waals surface area contributed by atoms with Crippen molar-refractivity contribution in [2.24, 2.45) is 0 Å². The van der Waals surface area contributed by atoms with E-state index in [1.165, 1.54) is 0 Å². The van der Waals surface area contributed by atoms with E-state index in [0.29, 0.717) is 11.3 Å². The average Bonchev–Trinajstić information content (AvgIpc) is 3.74. The molecule has 2 heterocycles. The number of anilines is 3. The molecule has 9 aromatic rings. The number of hydrogen-bond acceptors (Lipinski definition) is 4. The topological polar surface area (TPSA) is 57.7 Å². The molecule has 0 saturated carbocycles. The number of furan rings is 2. The highest BCUT2D eigenvalue weighted by Gasteiger charge is 2.17. The van der Waals surface area contributed by atoms with Crippen molar-refractivity contribution < 1.29 is 8.83 Å². The zero-order valence-corrected chi connectivity index (χ0v) is 26.1. The van der Waals surface area contributed by atoms with E-state index in [1.807, 2.05) is 66.7 Å². The van der Waals surface area contributed by atoms with Crippen LogP contribution in [0.3, 0.4) is 0 Å². The third kappa shape index (κ3) is 4.78. The fourth-order valence-corrected chi connectivity index (χ4v) is 6.77. The quantitative estimate of drug-likeness (QED) is 0.178. The van der Waals surface area contributed by atoms with E-state index in [4.69, 9.17) is 15.4 Å². The number of hydrogen-bond donors (Lipinski definition) is 0. The summed E-state index contributed by atoms with van der Waals surface area (Å²) in [6.45, 7) is 7.48. The number of fused-ring (bicyclic) bond motifs is 6. The Kier molecular flexibility index (Phi) is 6.50. The van der Waals surface area contributed by atoms with Gasteiger partial charge in [0.15, 0.2) is 5.69 Å². The Morgan fingerprint density at radius 2 is 1.12 bits per heavy atom. The Labute approximate surface area is 281 Å². The zero-order chi connectivity index (χ0) is 32.9. The lowest BCUT2D eigenvalue weighted by molar-refractivity contribution is 0.669. The Morgan fingerprint density at radius 3 is 1.84 bits per heavy atom. The molecule has 0 aliphatic carbocycles. The van der Waals surface area contributed by atoms with Gasteiger partial charge in [-0.3, -0.25) is 0 Å². The van der Waals surface area contributed by atoms with E-state index >= 15 is 0 Å². The summed E-state index contributed by atoms with van der Waals surface area (Å²) in [5, 5.41) is 13.8. The molecule has 49 heavy (non-hydrogen) atoms. The molecule has 0 N–H and O–H groups in total. The summed E-state index contributed by atoms with van der Waals surface area (Å²) in [4.78, 5) is 5.80. The first-order valence-electron chi connectivity index (χ1n) is 15.9. The minimum absolute atomic E-state index is 0.443. The van der Waals surface area contributed by atoms with Crippen LogP contribution in [0, 0.1) is 17.9 Å². The van der Waals surface area contributed by atoms with Crippen molar-refractivity contribution in [3.8, 4) is 28.3 Å². The maximum atomic E-state index is 9.53. The summed E-state index contributed by atoms with van der Waals surface area (Å²) in [5.74, 6) is 0. The molecule has 0 aliphatic rings. The third-order valence-electron chi connectivity index (χ3n) is 9.09. The van der Waals surface area contributed by atoms with Gasteiger partial charge in [-0.25, -0.2) is 4.85 Å². The van der Waals surface area contributed by atoms with Gasteiger partial charge in [-0.2, -0.15) is 5.26 Å². The van der Waals surface area contributed by atoms with Gasteiger partial charge >= 0.3 is 0 Å². The smallest absolute Gasteiger partial charge is 0.189 e. The summed E-state index contributed by atoms with van der Waals surface area (Å²) < 4.78 is 12.5. The molecular formula is C44H25N3O2. The fourth-order valence-electron chi connectivity index (χ4n) is 6.77. The predicted octanol–water partition coefficient (Wildman–Crippen LogP) is 12.7. The fraction of sp³-hybridized carbons (Fsp3) is 0. The molecule has 0 spiro atoms. The van der Waals surface area contributed by atoms with Crippen LogP contribution in [0.1, 0.15) is 5.56 Å². The number of nitrogens with zero attached hydrogens (tertiary/aromatic N) is 3. The van der Waals surface area contributed by atoms with Gasteiger partial charge < -0.3 is 13.7 Å². The highest BCUT2D eigenvalue weighted by Crippen LogP contribution is 2.41. The van der Waals surface area contributed by atoms with E-state index < -0.39 is 0 Å². The first-order valence-corrected chi connectivity index (χ1v) is 15.9. The van der Waals surface area contributed by atoms with Crippen LogP contribution in [0.4, 0.5) is 22.7 Å². The van der Waals surface area contributed by atoms with Crippen molar-refractivity contribution in [2.75, 3.05) is 4.90 Å². The van der Waals surface area contributed by atoms with Gasteiger partial charge in [-0.15, -0.1) is 0 Å². The molecule has 0 fully saturated rings. The standard InChI is InChI=1S/C44H25N3O2/c1-46-32-24-28(27-45)23-31(25-32)29-13-17-33(18-14-29)47(35-21-22-43-40(26-35)38-8-3-4-11-41(38)48-43)34-19-15-30(16-20-34)36-9-6-10-39-37-7-2-5-12-42(37)49-44(36)39/h2-26H. The van der Waals surface area contributed by atoms with E-state index in [2.05, 4.69) is 94.7 Å². The Balaban J connectivity index is 1.16. The molecule has 9 rings (SSSR count). The second-order valence-electron chi connectivity index (χ2n) is 12.0. The summed E-state index contributed by atoms with van der Waals surface area (Å²) in [6.07, 6.45) is 0. The molecule has 2 aromatic heterocycles. The van der Waals surface area contributed by atoms with Crippen LogP contribution >= 0.6 is 0 Å². The van der Waals surface area contributed by atoms with Gasteiger partial charge in [0, 0.05) is 49.7 Å². The summed E-state index contributed by atoms with van der Waals surface area (Å²) >= 11 is 0. The van der Waals surface area contributed by atoms with E-state index in [9.17, 15) is 5.26 Å². The Morgan fingerprint density at radius 1 is 0.510 bits per heavy atom. The van der Waals surface area contributed by atoms with Crippen LogP contribution in [0.2, 0.25) is 0 Å². The molecule has 5 heteroatoms. The van der Waals surface area contributed by atoms with Gasteiger partial charge in [-0.1, -0.05) is 78.9 Å². The maximum Gasteiger partial charge on any atom is 0.189 e. The van der Waals surface area contributed by atoms with Crippen molar-refractivity contribution in [2.45, 2.75) is 0 Å². The second-order valence-corrected chi connectivity index (χ2v) is 12.0. The molecule has 0 aliphatic heterocycles. The molecule has 0 radical (unpaired) electrons. The van der Waals surface area contributed by atoms with Gasteiger partial charge in [0.05, 0.1) is 12.6 Å². The van der Waals surface area contributed by atoms with E-state index in [1.54, 1.807) is 6.07 Å². The minimum atomic E-state index is 0.443. The van der Waals surface area contributed by atoms with Crippen LogP contribution in [0.5, 0.6) is 0 Å².